The Morgan fingerprint density at radius 3 is 2.62 bits per heavy atom. The van der Waals surface area contributed by atoms with Gasteiger partial charge in [-0.05, 0) is 60.2 Å². The van der Waals surface area contributed by atoms with Gasteiger partial charge in [-0.25, -0.2) is 4.79 Å². The van der Waals surface area contributed by atoms with E-state index in [1.807, 2.05) is 36.4 Å². The number of hydrogen-bond donors (Lipinski definition) is 1. The first-order valence-corrected chi connectivity index (χ1v) is 8.20. The highest BCUT2D eigenvalue weighted by atomic mass is 16.5. The lowest BCUT2D eigenvalue weighted by molar-refractivity contribution is 0.119. The lowest BCUT2D eigenvalue weighted by atomic mass is 9.94. The molecule has 0 radical (unpaired) electrons. The maximum Gasteiger partial charge on any atom is 0.407 e. The van der Waals surface area contributed by atoms with Gasteiger partial charge in [-0.2, -0.15) is 5.26 Å². The Balaban J connectivity index is 1.51. The normalized spacial score (nSPS) is 15.2. The molecule has 3 rings (SSSR count). The van der Waals surface area contributed by atoms with E-state index in [-0.39, 0.29) is 0 Å². The number of likely N-dealkylation sites (tertiary alicyclic amines) is 1. The van der Waals surface area contributed by atoms with E-state index >= 15 is 0 Å². The fraction of sp³-hybridized carbons (Fsp3) is 0.368. The van der Waals surface area contributed by atoms with Gasteiger partial charge in [0.05, 0.1) is 18.2 Å². The highest BCUT2D eigenvalue weighted by molar-refractivity contribution is 5.85. The molecule has 0 aromatic heterocycles. The molecular weight excluding hydrogens is 304 g/mol. The number of nitrogens with zero attached hydrogens (tertiary/aromatic N) is 2. The molecule has 1 aliphatic heterocycles. The van der Waals surface area contributed by atoms with Crippen molar-refractivity contribution in [3.63, 3.8) is 0 Å². The Morgan fingerprint density at radius 1 is 1.21 bits per heavy atom. The summed E-state index contributed by atoms with van der Waals surface area (Å²) in [6.45, 7) is 1.88. The quantitative estimate of drug-likeness (QED) is 0.926. The Bertz CT molecular complexity index is 774. The second-order valence-electron chi connectivity index (χ2n) is 6.19. The van der Waals surface area contributed by atoms with Gasteiger partial charge in [0.2, 0.25) is 0 Å². The van der Waals surface area contributed by atoms with Crippen molar-refractivity contribution in [3.05, 3.63) is 42.0 Å². The van der Waals surface area contributed by atoms with E-state index in [1.54, 1.807) is 0 Å². The minimum Gasteiger partial charge on any atom is -0.494 e. The van der Waals surface area contributed by atoms with Crippen molar-refractivity contribution in [1.29, 1.82) is 5.26 Å². The van der Waals surface area contributed by atoms with Crippen molar-refractivity contribution in [2.45, 2.75) is 19.3 Å². The lowest BCUT2D eigenvalue weighted by Crippen LogP contribution is -2.37. The summed E-state index contributed by atoms with van der Waals surface area (Å²) in [7, 11) is 0. The van der Waals surface area contributed by atoms with Gasteiger partial charge in [0, 0.05) is 13.1 Å². The zero-order valence-corrected chi connectivity index (χ0v) is 13.4. The molecule has 5 nitrogen and oxygen atoms in total. The highest BCUT2D eigenvalue weighted by Gasteiger charge is 2.21. The van der Waals surface area contributed by atoms with E-state index < -0.39 is 6.09 Å². The number of nitriles is 1. The van der Waals surface area contributed by atoms with Crippen LogP contribution in [0.25, 0.3) is 10.8 Å². The zero-order chi connectivity index (χ0) is 16.9. The van der Waals surface area contributed by atoms with Crippen LogP contribution in [0.5, 0.6) is 5.75 Å². The molecule has 2 aromatic carbocycles. The lowest BCUT2D eigenvalue weighted by Gasteiger charge is -2.29. The van der Waals surface area contributed by atoms with E-state index in [4.69, 9.17) is 15.1 Å². The number of carbonyl (C=O) groups is 1. The van der Waals surface area contributed by atoms with Crippen LogP contribution in [0.1, 0.15) is 24.8 Å². The van der Waals surface area contributed by atoms with Gasteiger partial charge in [0.15, 0.2) is 0 Å². The Labute approximate surface area is 141 Å². The van der Waals surface area contributed by atoms with E-state index in [2.05, 4.69) is 6.07 Å². The molecule has 0 spiro atoms. The minimum absolute atomic E-state index is 0.527. The van der Waals surface area contributed by atoms with E-state index in [0.717, 1.165) is 35.8 Å². The fourth-order valence-corrected chi connectivity index (χ4v) is 3.14. The third-order valence-corrected chi connectivity index (χ3v) is 4.62. The minimum atomic E-state index is -0.819. The predicted octanol–water partition coefficient (Wildman–Crippen LogP) is 3.87. The summed E-state index contributed by atoms with van der Waals surface area (Å²) in [4.78, 5) is 12.4. The molecular formula is C19H20N2O3. The summed E-state index contributed by atoms with van der Waals surface area (Å²) in [5.74, 6) is 1.36. The molecule has 1 saturated heterocycles. The largest absolute Gasteiger partial charge is 0.494 e. The summed E-state index contributed by atoms with van der Waals surface area (Å²) in [6, 6.07) is 13.6. The molecule has 0 atom stereocenters. The van der Waals surface area contributed by atoms with Crippen LogP contribution in [0.15, 0.2) is 36.4 Å². The number of hydrogen-bond acceptors (Lipinski definition) is 3. The SMILES string of the molecule is N#Cc1ccc2cc(OCCC3CCN(C(=O)O)CC3)ccc2c1. The van der Waals surface area contributed by atoms with Crippen LogP contribution < -0.4 is 4.74 Å². The molecule has 5 heteroatoms. The molecule has 2 aromatic rings. The standard InChI is InChI=1S/C19H20N2O3/c20-13-15-1-2-17-12-18(4-3-16(17)11-15)24-10-7-14-5-8-21(9-6-14)19(22)23/h1-4,11-12,14H,5-10H2,(H,22,23). The van der Waals surface area contributed by atoms with Crippen LogP contribution in [0, 0.1) is 17.2 Å². The third-order valence-electron chi connectivity index (χ3n) is 4.62. The van der Waals surface area contributed by atoms with Gasteiger partial charge in [-0.3, -0.25) is 0 Å². The Hall–Kier alpha value is -2.74. The molecule has 1 heterocycles. The van der Waals surface area contributed by atoms with Crippen molar-refractivity contribution in [1.82, 2.24) is 4.90 Å². The fourth-order valence-electron chi connectivity index (χ4n) is 3.14. The molecule has 124 valence electrons. The number of carboxylic acid groups (broad SMARTS) is 1. The van der Waals surface area contributed by atoms with Crippen molar-refractivity contribution in [3.8, 4) is 11.8 Å². The predicted molar refractivity (Wildman–Crippen MR) is 91.1 cm³/mol. The third kappa shape index (κ3) is 3.77. The smallest absolute Gasteiger partial charge is 0.407 e. The van der Waals surface area contributed by atoms with Gasteiger partial charge in [-0.1, -0.05) is 12.1 Å². The van der Waals surface area contributed by atoms with Crippen LogP contribution in [0.2, 0.25) is 0 Å². The van der Waals surface area contributed by atoms with Crippen LogP contribution >= 0.6 is 0 Å². The molecule has 24 heavy (non-hydrogen) atoms. The van der Waals surface area contributed by atoms with Crippen LogP contribution in [-0.2, 0) is 0 Å². The first-order chi connectivity index (χ1) is 11.7. The topological polar surface area (TPSA) is 73.6 Å². The second-order valence-corrected chi connectivity index (χ2v) is 6.19. The molecule has 0 saturated carbocycles. The summed E-state index contributed by atoms with van der Waals surface area (Å²) in [5, 5.41) is 20.0. The van der Waals surface area contributed by atoms with Gasteiger partial charge in [0.1, 0.15) is 5.75 Å². The Kier molecular flexibility index (Phi) is 4.85. The first-order valence-electron chi connectivity index (χ1n) is 8.20. The molecule has 1 fully saturated rings. The second kappa shape index (κ2) is 7.22. The van der Waals surface area contributed by atoms with Crippen molar-refractivity contribution >= 4 is 16.9 Å². The zero-order valence-electron chi connectivity index (χ0n) is 13.4. The van der Waals surface area contributed by atoms with Crippen LogP contribution in [0.3, 0.4) is 0 Å². The summed E-state index contributed by atoms with van der Waals surface area (Å²) in [5.41, 5.74) is 0.656. The van der Waals surface area contributed by atoms with E-state index in [0.29, 0.717) is 31.2 Å². The monoisotopic (exact) mass is 324 g/mol. The van der Waals surface area contributed by atoms with Crippen molar-refractivity contribution < 1.29 is 14.6 Å². The summed E-state index contributed by atoms with van der Waals surface area (Å²) >= 11 is 0. The molecule has 1 aliphatic rings. The number of benzene rings is 2. The molecule has 0 aliphatic carbocycles. The molecule has 1 amide bonds. The molecule has 0 bridgehead atoms. The summed E-state index contributed by atoms with van der Waals surface area (Å²) in [6.07, 6.45) is 1.94. The maximum absolute atomic E-state index is 10.9. The van der Waals surface area contributed by atoms with Crippen LogP contribution in [-0.4, -0.2) is 35.8 Å². The first kappa shape index (κ1) is 16.1. The van der Waals surface area contributed by atoms with E-state index in [1.165, 1.54) is 4.90 Å². The number of amides is 1. The highest BCUT2D eigenvalue weighted by Crippen LogP contribution is 2.24. The van der Waals surface area contributed by atoms with E-state index in [9.17, 15) is 4.79 Å². The molecule has 0 unspecified atom stereocenters. The average Bonchev–Trinajstić information content (AvgIpc) is 2.61. The number of ether oxygens (including phenoxy) is 1. The maximum atomic E-state index is 10.9. The number of fused-ring (bicyclic) bond motifs is 1. The van der Waals surface area contributed by atoms with Gasteiger partial charge < -0.3 is 14.7 Å². The number of piperidine rings is 1. The van der Waals surface area contributed by atoms with Gasteiger partial charge in [-0.15, -0.1) is 0 Å². The molecule has 1 N–H and O–H groups in total. The summed E-state index contributed by atoms with van der Waals surface area (Å²) < 4.78 is 5.85. The van der Waals surface area contributed by atoms with Gasteiger partial charge >= 0.3 is 6.09 Å². The van der Waals surface area contributed by atoms with Crippen molar-refractivity contribution in [2.75, 3.05) is 19.7 Å². The van der Waals surface area contributed by atoms with Crippen LogP contribution in [0.4, 0.5) is 4.79 Å². The number of rotatable bonds is 4. The Morgan fingerprint density at radius 2 is 1.92 bits per heavy atom. The van der Waals surface area contributed by atoms with Gasteiger partial charge in [0.25, 0.3) is 0 Å². The average molecular weight is 324 g/mol. The van der Waals surface area contributed by atoms with Crippen molar-refractivity contribution in [2.24, 2.45) is 5.92 Å².